The molecule has 0 aliphatic carbocycles. The molecule has 1 atom stereocenters. The monoisotopic (exact) mass is 535 g/mol. The second-order valence-corrected chi connectivity index (χ2v) is 8.78. The van der Waals surface area contributed by atoms with E-state index in [2.05, 4.69) is 16.0 Å². The number of carboxylic acid groups (broad SMARTS) is 1. The molecule has 0 bridgehead atoms. The van der Waals surface area contributed by atoms with Crippen LogP contribution in [0.5, 0.6) is 17.2 Å². The van der Waals surface area contributed by atoms with Gasteiger partial charge in [-0.2, -0.15) is 0 Å². The van der Waals surface area contributed by atoms with Gasteiger partial charge in [-0.1, -0.05) is 24.3 Å². The molecule has 0 heterocycles. The van der Waals surface area contributed by atoms with Gasteiger partial charge in [0.15, 0.2) is 11.5 Å². The highest BCUT2D eigenvalue weighted by molar-refractivity contribution is 6.01. The summed E-state index contributed by atoms with van der Waals surface area (Å²) in [6, 6.07) is 16.6. The van der Waals surface area contributed by atoms with Crippen molar-refractivity contribution in [2.45, 2.75) is 32.9 Å². The van der Waals surface area contributed by atoms with Crippen molar-refractivity contribution in [3.63, 3.8) is 0 Å². The topological polar surface area (TPSA) is 135 Å². The van der Waals surface area contributed by atoms with E-state index in [1.54, 1.807) is 25.1 Å². The highest BCUT2D eigenvalue weighted by Gasteiger charge is 2.14. The maximum atomic E-state index is 12.6. The summed E-state index contributed by atoms with van der Waals surface area (Å²) in [6.45, 7) is 4.07. The SMILES string of the molecule is COc1cc(CC(=O)CCNC(C)Oc2ccc(C(=O)O)cc2OC)ccc1NC(=O)Nc1ccccc1C. The van der Waals surface area contributed by atoms with Gasteiger partial charge in [-0.3, -0.25) is 10.1 Å². The van der Waals surface area contributed by atoms with Crippen molar-refractivity contribution in [1.82, 2.24) is 5.32 Å². The fourth-order valence-electron chi connectivity index (χ4n) is 3.80. The zero-order valence-corrected chi connectivity index (χ0v) is 22.4. The summed E-state index contributed by atoms with van der Waals surface area (Å²) in [5.74, 6) is 0.0967. The maximum Gasteiger partial charge on any atom is 0.335 e. The summed E-state index contributed by atoms with van der Waals surface area (Å²) in [4.78, 5) is 36.2. The van der Waals surface area contributed by atoms with Crippen LogP contribution in [0, 0.1) is 6.92 Å². The molecule has 2 amide bonds. The third kappa shape index (κ3) is 8.47. The highest BCUT2D eigenvalue weighted by Crippen LogP contribution is 2.29. The average Bonchev–Trinajstić information content (AvgIpc) is 2.90. The van der Waals surface area contributed by atoms with Crippen molar-refractivity contribution in [2.75, 3.05) is 31.4 Å². The first-order valence-electron chi connectivity index (χ1n) is 12.3. The number of aryl methyl sites for hydroxylation is 1. The van der Waals surface area contributed by atoms with Crippen molar-refractivity contribution in [3.8, 4) is 17.2 Å². The third-order valence-electron chi connectivity index (χ3n) is 5.86. The lowest BCUT2D eigenvalue weighted by molar-refractivity contribution is -0.118. The van der Waals surface area contributed by atoms with Crippen LogP contribution in [0.3, 0.4) is 0 Å². The molecule has 3 aromatic carbocycles. The van der Waals surface area contributed by atoms with Crippen molar-refractivity contribution in [3.05, 3.63) is 77.4 Å². The minimum absolute atomic E-state index is 0.0122. The molecule has 0 aliphatic heterocycles. The number of ether oxygens (including phenoxy) is 3. The van der Waals surface area contributed by atoms with Gasteiger partial charge >= 0.3 is 12.0 Å². The second kappa shape index (κ2) is 13.8. The van der Waals surface area contributed by atoms with Gasteiger partial charge in [-0.25, -0.2) is 9.59 Å². The van der Waals surface area contributed by atoms with E-state index in [4.69, 9.17) is 19.3 Å². The van der Waals surface area contributed by atoms with Gasteiger partial charge in [0.05, 0.1) is 25.5 Å². The number of hydrogen-bond acceptors (Lipinski definition) is 7. The van der Waals surface area contributed by atoms with Crippen molar-refractivity contribution in [1.29, 1.82) is 0 Å². The van der Waals surface area contributed by atoms with Gasteiger partial charge < -0.3 is 30.0 Å². The number of hydrogen-bond donors (Lipinski definition) is 4. The quantitative estimate of drug-likeness (QED) is 0.228. The number of Topliss-reactive ketones (excluding diaryl/α,β-unsaturated/α-hetero) is 1. The Labute approximate surface area is 227 Å². The van der Waals surface area contributed by atoms with Crippen LogP contribution in [0.2, 0.25) is 0 Å². The molecule has 10 heteroatoms. The van der Waals surface area contributed by atoms with Crippen molar-refractivity contribution >= 4 is 29.2 Å². The van der Waals surface area contributed by atoms with Crippen LogP contribution < -0.4 is 30.2 Å². The molecular formula is C29H33N3O7. The van der Waals surface area contributed by atoms with E-state index in [1.807, 2.05) is 31.2 Å². The lowest BCUT2D eigenvalue weighted by Crippen LogP contribution is -2.33. The Kier molecular flexibility index (Phi) is 10.3. The van der Waals surface area contributed by atoms with Crippen LogP contribution >= 0.6 is 0 Å². The minimum atomic E-state index is -1.06. The van der Waals surface area contributed by atoms with Crippen molar-refractivity contribution < 1.29 is 33.7 Å². The van der Waals surface area contributed by atoms with Gasteiger partial charge in [0, 0.05) is 25.1 Å². The lowest BCUT2D eigenvalue weighted by atomic mass is 10.1. The number of rotatable bonds is 13. The first kappa shape index (κ1) is 29.0. The predicted octanol–water partition coefficient (Wildman–Crippen LogP) is 4.87. The van der Waals surface area contributed by atoms with E-state index in [-0.39, 0.29) is 24.2 Å². The second-order valence-electron chi connectivity index (χ2n) is 8.78. The Morgan fingerprint density at radius 3 is 2.28 bits per heavy atom. The Hall–Kier alpha value is -4.57. The maximum absolute atomic E-state index is 12.6. The van der Waals surface area contributed by atoms with E-state index >= 15 is 0 Å². The lowest BCUT2D eigenvalue weighted by Gasteiger charge is -2.18. The zero-order valence-electron chi connectivity index (χ0n) is 22.4. The molecule has 0 saturated heterocycles. The van der Waals surface area contributed by atoms with E-state index < -0.39 is 18.2 Å². The molecule has 4 N–H and O–H groups in total. The fraction of sp³-hybridized carbons (Fsp3) is 0.276. The Morgan fingerprint density at radius 1 is 0.872 bits per heavy atom. The normalized spacial score (nSPS) is 11.3. The molecular weight excluding hydrogens is 502 g/mol. The number of para-hydroxylation sites is 1. The number of benzene rings is 3. The minimum Gasteiger partial charge on any atom is -0.495 e. The Morgan fingerprint density at radius 2 is 1.59 bits per heavy atom. The number of nitrogens with one attached hydrogen (secondary N) is 3. The molecule has 0 radical (unpaired) electrons. The number of anilines is 2. The molecule has 0 aromatic heterocycles. The molecule has 0 saturated carbocycles. The van der Waals surface area contributed by atoms with Crippen LogP contribution in [0.25, 0.3) is 0 Å². The molecule has 3 rings (SSSR count). The molecule has 39 heavy (non-hydrogen) atoms. The molecule has 0 fully saturated rings. The van der Waals surface area contributed by atoms with Gasteiger partial charge in [0.2, 0.25) is 0 Å². The number of ketones is 1. The van der Waals surface area contributed by atoms with Crippen molar-refractivity contribution in [2.24, 2.45) is 0 Å². The molecule has 1 unspecified atom stereocenters. The summed E-state index contributed by atoms with van der Waals surface area (Å²) in [5, 5.41) is 17.8. The Bertz CT molecular complexity index is 1330. The summed E-state index contributed by atoms with van der Waals surface area (Å²) >= 11 is 0. The van der Waals surface area contributed by atoms with Gasteiger partial charge in [-0.15, -0.1) is 0 Å². The van der Waals surface area contributed by atoms with Gasteiger partial charge in [0.25, 0.3) is 0 Å². The van der Waals surface area contributed by atoms with Crippen LogP contribution in [0.1, 0.15) is 34.8 Å². The van der Waals surface area contributed by atoms with E-state index in [1.165, 1.54) is 32.4 Å². The Balaban J connectivity index is 1.49. The summed E-state index contributed by atoms with van der Waals surface area (Å²) < 4.78 is 16.4. The number of aromatic carboxylic acids is 1. The molecule has 206 valence electrons. The highest BCUT2D eigenvalue weighted by atomic mass is 16.5. The predicted molar refractivity (Wildman–Crippen MR) is 148 cm³/mol. The summed E-state index contributed by atoms with van der Waals surface area (Å²) in [5.41, 5.74) is 2.99. The van der Waals surface area contributed by atoms with Crippen LogP contribution in [-0.2, 0) is 11.2 Å². The van der Waals surface area contributed by atoms with Crippen LogP contribution in [0.4, 0.5) is 16.2 Å². The number of amides is 2. The number of carboxylic acids is 1. The first-order valence-corrected chi connectivity index (χ1v) is 12.3. The number of methoxy groups -OCH3 is 2. The first-order chi connectivity index (χ1) is 18.7. The molecule has 0 aliphatic rings. The molecule has 10 nitrogen and oxygen atoms in total. The van der Waals surface area contributed by atoms with E-state index in [0.29, 0.717) is 35.2 Å². The largest absolute Gasteiger partial charge is 0.495 e. The average molecular weight is 536 g/mol. The third-order valence-corrected chi connectivity index (χ3v) is 5.86. The molecule has 0 spiro atoms. The zero-order chi connectivity index (χ0) is 28.4. The summed E-state index contributed by atoms with van der Waals surface area (Å²) in [6.07, 6.45) is 0.0239. The van der Waals surface area contributed by atoms with Crippen LogP contribution in [0.15, 0.2) is 60.7 Å². The number of carbonyl (C=O) groups is 3. The van der Waals surface area contributed by atoms with Gasteiger partial charge in [-0.05, 0) is 61.4 Å². The van der Waals surface area contributed by atoms with Gasteiger partial charge in [0.1, 0.15) is 17.8 Å². The van der Waals surface area contributed by atoms with Crippen LogP contribution in [-0.4, -0.2) is 49.9 Å². The summed E-state index contributed by atoms with van der Waals surface area (Å²) in [7, 11) is 2.93. The standard InChI is InChI=1S/C29H33N3O7/c1-18-7-5-6-8-23(18)31-29(36)32-24-11-9-20(16-26(24)37-3)15-22(33)13-14-30-19(2)39-25-12-10-21(28(34)35)17-27(25)38-4/h5-12,16-17,19,30H,13-15H2,1-4H3,(H,34,35)(H2,31,32,36). The fourth-order valence-corrected chi connectivity index (χ4v) is 3.80. The van der Waals surface area contributed by atoms with E-state index in [9.17, 15) is 14.4 Å². The number of carbonyl (C=O) groups excluding carboxylic acids is 2. The van der Waals surface area contributed by atoms with E-state index in [0.717, 1.165) is 11.1 Å². The molecule has 3 aromatic rings. The smallest absolute Gasteiger partial charge is 0.335 e. The number of urea groups is 1.